The van der Waals surface area contributed by atoms with Gasteiger partial charge in [-0.1, -0.05) is 72.8 Å². The molecule has 0 heterocycles. The first kappa shape index (κ1) is 50.0. The lowest BCUT2D eigenvalue weighted by Gasteiger charge is -2.26. The van der Waals surface area contributed by atoms with Crippen LogP contribution in [0.15, 0.2) is 84.9 Å². The van der Waals surface area contributed by atoms with Gasteiger partial charge in [0.15, 0.2) is 0 Å². The molecule has 5 amide bonds. The zero-order valence-electron chi connectivity index (χ0n) is 36.6. The minimum absolute atomic E-state index is 0.0249. The number of ether oxygens (including phenoxy) is 4. The van der Waals surface area contributed by atoms with Crippen molar-refractivity contribution in [3.05, 3.63) is 102 Å². The van der Waals surface area contributed by atoms with Crippen LogP contribution in [0.2, 0.25) is 0 Å². The van der Waals surface area contributed by atoms with Gasteiger partial charge in [0.25, 0.3) is 0 Å². The normalized spacial score (nSPS) is 12.7. The van der Waals surface area contributed by atoms with Crippen LogP contribution in [0.1, 0.15) is 96.8 Å². The van der Waals surface area contributed by atoms with E-state index < -0.39 is 65.4 Å². The van der Waals surface area contributed by atoms with Crippen LogP contribution < -0.4 is 31.3 Å². The number of carboxylic acid groups (broad SMARTS) is 1. The molecule has 0 saturated heterocycles. The third-order valence-corrected chi connectivity index (χ3v) is 8.85. The van der Waals surface area contributed by atoms with Gasteiger partial charge in [0.2, 0.25) is 11.8 Å². The Morgan fingerprint density at radius 3 is 1.47 bits per heavy atom. The molecular formula is C46H63N5O11. The average molecular weight is 862 g/mol. The Bertz CT molecular complexity index is 1860. The van der Waals surface area contributed by atoms with Crippen LogP contribution in [0.5, 0.6) is 5.75 Å². The molecule has 0 unspecified atom stereocenters. The second-order valence-electron chi connectivity index (χ2n) is 16.7. The van der Waals surface area contributed by atoms with E-state index in [1.54, 1.807) is 45.0 Å². The topological polar surface area (TPSA) is 220 Å². The molecule has 3 rings (SSSR count). The zero-order chi connectivity index (χ0) is 45.5. The monoisotopic (exact) mass is 861 g/mol. The first-order valence-electron chi connectivity index (χ1n) is 20.9. The van der Waals surface area contributed by atoms with E-state index in [0.29, 0.717) is 37.0 Å². The highest BCUT2D eigenvalue weighted by Gasteiger charge is 2.31. The van der Waals surface area contributed by atoms with Crippen LogP contribution in [-0.2, 0) is 48.2 Å². The van der Waals surface area contributed by atoms with Crippen molar-refractivity contribution in [3.63, 3.8) is 0 Å². The van der Waals surface area contributed by atoms with Crippen LogP contribution in [0.25, 0.3) is 0 Å². The van der Waals surface area contributed by atoms with Crippen LogP contribution in [0.3, 0.4) is 0 Å². The van der Waals surface area contributed by atoms with E-state index in [-0.39, 0.29) is 45.6 Å². The summed E-state index contributed by atoms with van der Waals surface area (Å²) in [7, 11) is 0. The highest BCUT2D eigenvalue weighted by molar-refractivity contribution is 5.93. The van der Waals surface area contributed by atoms with Crippen LogP contribution >= 0.6 is 0 Å². The maximum Gasteiger partial charge on any atom is 0.408 e. The summed E-state index contributed by atoms with van der Waals surface area (Å²) in [5, 5.41) is 23.3. The molecule has 0 radical (unpaired) electrons. The van der Waals surface area contributed by atoms with Crippen molar-refractivity contribution in [3.8, 4) is 5.75 Å². The van der Waals surface area contributed by atoms with Crippen molar-refractivity contribution in [2.45, 2.75) is 129 Å². The van der Waals surface area contributed by atoms with Gasteiger partial charge in [-0.2, -0.15) is 0 Å². The number of nitrogens with one attached hydrogen (secondary N) is 5. The molecule has 338 valence electrons. The molecule has 0 aromatic heterocycles. The molecular weight excluding hydrogens is 799 g/mol. The van der Waals surface area contributed by atoms with Crippen LogP contribution in [0.4, 0.5) is 14.4 Å². The molecule has 0 aliphatic carbocycles. The zero-order valence-corrected chi connectivity index (χ0v) is 36.6. The van der Waals surface area contributed by atoms with Crippen LogP contribution in [-0.4, -0.2) is 83.6 Å². The molecule has 16 heteroatoms. The van der Waals surface area contributed by atoms with Gasteiger partial charge in [-0.3, -0.25) is 9.59 Å². The number of hydrogen-bond acceptors (Lipinski definition) is 10. The van der Waals surface area contributed by atoms with E-state index >= 15 is 0 Å². The lowest BCUT2D eigenvalue weighted by atomic mass is 10.0. The summed E-state index contributed by atoms with van der Waals surface area (Å²) in [4.78, 5) is 77.5. The fourth-order valence-electron chi connectivity index (χ4n) is 5.89. The number of carbonyl (C=O) groups is 6. The highest BCUT2D eigenvalue weighted by Crippen LogP contribution is 2.20. The molecule has 6 N–H and O–H groups in total. The SMILES string of the molecule is CC(C)(C)OC(=O)N[C@@H](CCCCNC(=O)OCc1ccccc1)C(=O)N[C@@H](Cc1ccc(OC(C)(C)C)cc1)C(=O)N[C@@H](CCCCNC(=O)OCc1ccccc1)C(=O)O. The fraction of sp³-hybridized carbons (Fsp3) is 0.478. The van der Waals surface area contributed by atoms with E-state index in [1.807, 2.05) is 81.4 Å². The maximum atomic E-state index is 14.0. The van der Waals surface area contributed by atoms with Gasteiger partial charge >= 0.3 is 24.2 Å². The Kier molecular flexibility index (Phi) is 20.5. The van der Waals surface area contributed by atoms with Gasteiger partial charge in [0.1, 0.15) is 48.3 Å². The van der Waals surface area contributed by atoms with Crippen molar-refractivity contribution in [2.24, 2.45) is 0 Å². The number of hydrogen-bond donors (Lipinski definition) is 6. The summed E-state index contributed by atoms with van der Waals surface area (Å²) < 4.78 is 21.8. The third kappa shape index (κ3) is 21.3. The Labute approximate surface area is 364 Å². The van der Waals surface area contributed by atoms with Crippen molar-refractivity contribution >= 4 is 36.1 Å². The number of unbranched alkanes of at least 4 members (excludes halogenated alkanes) is 2. The number of benzene rings is 3. The number of aliphatic carboxylic acids is 1. The number of rotatable bonds is 23. The molecule has 0 fully saturated rings. The molecule has 0 bridgehead atoms. The molecule has 0 aliphatic heterocycles. The first-order valence-corrected chi connectivity index (χ1v) is 20.9. The number of carboxylic acids is 1. The number of amides is 5. The van der Waals surface area contributed by atoms with Gasteiger partial charge < -0.3 is 50.6 Å². The molecule has 16 nitrogen and oxygen atoms in total. The van der Waals surface area contributed by atoms with Gasteiger partial charge in [-0.25, -0.2) is 19.2 Å². The maximum absolute atomic E-state index is 14.0. The average Bonchev–Trinajstić information content (AvgIpc) is 3.20. The second-order valence-corrected chi connectivity index (χ2v) is 16.7. The van der Waals surface area contributed by atoms with Crippen molar-refractivity contribution < 1.29 is 52.8 Å². The summed E-state index contributed by atoms with van der Waals surface area (Å²) in [5.41, 5.74) is 0.995. The van der Waals surface area contributed by atoms with E-state index in [9.17, 15) is 33.9 Å². The molecule has 0 aliphatic rings. The molecule has 62 heavy (non-hydrogen) atoms. The first-order chi connectivity index (χ1) is 29.4. The van der Waals surface area contributed by atoms with E-state index in [4.69, 9.17) is 18.9 Å². The molecule has 0 saturated carbocycles. The highest BCUT2D eigenvalue weighted by atomic mass is 16.6. The van der Waals surface area contributed by atoms with Gasteiger partial charge in [-0.15, -0.1) is 0 Å². The third-order valence-electron chi connectivity index (χ3n) is 8.85. The summed E-state index contributed by atoms with van der Waals surface area (Å²) in [6.07, 6.45) is -0.375. The Balaban J connectivity index is 1.66. The van der Waals surface area contributed by atoms with Crippen LogP contribution in [0, 0.1) is 0 Å². The standard InChI is InChI=1S/C46H63N5O11/c1-45(2,3)61-35-25-23-32(24-26-35)29-38(40(53)49-37(41(54)55)22-14-16-28-48-43(57)60-31-34-19-11-8-12-20-34)50-39(52)36(51-44(58)62-46(4,5)6)21-13-15-27-47-42(56)59-30-33-17-9-7-10-18-33/h7-12,17-20,23-26,36-38H,13-16,21-22,27-31H2,1-6H3,(H,47,56)(H,48,57)(H,49,53)(H,50,52)(H,51,58)(H,54,55)/t36-,37-,38-/m0/s1. The summed E-state index contributed by atoms with van der Waals surface area (Å²) in [6.45, 7) is 11.4. The molecule has 3 atom stereocenters. The summed E-state index contributed by atoms with van der Waals surface area (Å²) >= 11 is 0. The largest absolute Gasteiger partial charge is 0.488 e. The predicted molar refractivity (Wildman–Crippen MR) is 232 cm³/mol. The number of carbonyl (C=O) groups excluding carboxylic acids is 5. The predicted octanol–water partition coefficient (Wildman–Crippen LogP) is 6.55. The Hall–Kier alpha value is -6.32. The smallest absolute Gasteiger partial charge is 0.408 e. The summed E-state index contributed by atoms with van der Waals surface area (Å²) in [6, 6.07) is 21.7. The molecule has 0 spiro atoms. The number of alkyl carbamates (subject to hydrolysis) is 3. The van der Waals surface area contributed by atoms with Crippen molar-refractivity contribution in [1.82, 2.24) is 26.6 Å². The fourth-order valence-corrected chi connectivity index (χ4v) is 5.89. The molecule has 3 aromatic carbocycles. The minimum atomic E-state index is -1.31. The Morgan fingerprint density at radius 2 is 1.00 bits per heavy atom. The van der Waals surface area contributed by atoms with Gasteiger partial charge in [-0.05, 0) is 109 Å². The quantitative estimate of drug-likeness (QED) is 0.0444. The lowest BCUT2D eigenvalue weighted by molar-refractivity contribution is -0.142. The van der Waals surface area contributed by atoms with Crippen molar-refractivity contribution in [2.75, 3.05) is 13.1 Å². The lowest BCUT2D eigenvalue weighted by Crippen LogP contribution is -2.56. The van der Waals surface area contributed by atoms with Gasteiger partial charge in [0.05, 0.1) is 0 Å². The van der Waals surface area contributed by atoms with E-state index in [2.05, 4.69) is 26.6 Å². The van der Waals surface area contributed by atoms with Gasteiger partial charge in [0, 0.05) is 19.5 Å². The second kappa shape index (κ2) is 25.5. The van der Waals surface area contributed by atoms with Crippen molar-refractivity contribution in [1.29, 1.82) is 0 Å². The molecule has 3 aromatic rings. The minimum Gasteiger partial charge on any atom is -0.488 e. The van der Waals surface area contributed by atoms with E-state index in [0.717, 1.165) is 11.1 Å². The summed E-state index contributed by atoms with van der Waals surface area (Å²) in [5.74, 6) is -2.13. The Morgan fingerprint density at radius 1 is 0.532 bits per heavy atom. The van der Waals surface area contributed by atoms with E-state index in [1.165, 1.54) is 0 Å².